The highest BCUT2D eigenvalue weighted by molar-refractivity contribution is 7.89. The molecule has 1 aliphatic heterocycles. The fourth-order valence-electron chi connectivity index (χ4n) is 1.99. The number of likely N-dealkylation sites (N-methyl/N-ethyl adjacent to an activating group) is 1. The Morgan fingerprint density at radius 2 is 2.26 bits per heavy atom. The molecule has 0 saturated carbocycles. The Hall–Kier alpha value is -0.960. The van der Waals surface area contributed by atoms with Gasteiger partial charge in [0.05, 0.1) is 17.5 Å². The van der Waals surface area contributed by atoms with Crippen molar-refractivity contribution in [3.05, 3.63) is 15.8 Å². The van der Waals surface area contributed by atoms with Gasteiger partial charge in [-0.15, -0.1) is 11.3 Å². The summed E-state index contributed by atoms with van der Waals surface area (Å²) in [5.74, 6) is -1.11. The van der Waals surface area contributed by atoms with Gasteiger partial charge in [0, 0.05) is 18.5 Å². The van der Waals surface area contributed by atoms with Crippen LogP contribution in [0.2, 0.25) is 0 Å². The van der Waals surface area contributed by atoms with E-state index in [9.17, 15) is 13.2 Å². The van der Waals surface area contributed by atoms with Gasteiger partial charge in [0.2, 0.25) is 10.0 Å². The SMILES string of the molecule is Cc1sc(C(=O)O)cc1S(=O)(=O)N(C)C1CCOC1. The molecular formula is C11H15NO5S2. The maximum Gasteiger partial charge on any atom is 0.345 e. The van der Waals surface area contributed by atoms with Crippen LogP contribution in [0.5, 0.6) is 0 Å². The molecule has 0 aliphatic carbocycles. The quantitative estimate of drug-likeness (QED) is 0.902. The Morgan fingerprint density at radius 3 is 2.74 bits per heavy atom. The first-order chi connectivity index (χ1) is 8.84. The van der Waals surface area contributed by atoms with E-state index in [2.05, 4.69) is 0 Å². The minimum Gasteiger partial charge on any atom is -0.477 e. The van der Waals surface area contributed by atoms with E-state index in [0.29, 0.717) is 24.5 Å². The van der Waals surface area contributed by atoms with Gasteiger partial charge in [-0.3, -0.25) is 0 Å². The number of rotatable bonds is 4. The van der Waals surface area contributed by atoms with E-state index in [4.69, 9.17) is 9.84 Å². The van der Waals surface area contributed by atoms with E-state index in [1.54, 1.807) is 6.92 Å². The summed E-state index contributed by atoms with van der Waals surface area (Å²) in [4.78, 5) is 11.5. The van der Waals surface area contributed by atoms with Crippen LogP contribution in [0, 0.1) is 6.92 Å². The zero-order chi connectivity index (χ0) is 14.2. The van der Waals surface area contributed by atoms with Gasteiger partial charge in [0.15, 0.2) is 0 Å². The first-order valence-electron chi connectivity index (χ1n) is 5.73. The number of aromatic carboxylic acids is 1. The zero-order valence-electron chi connectivity index (χ0n) is 10.6. The van der Waals surface area contributed by atoms with E-state index in [0.717, 1.165) is 11.3 Å². The van der Waals surface area contributed by atoms with Gasteiger partial charge in [-0.05, 0) is 19.4 Å². The average Bonchev–Trinajstić information content (AvgIpc) is 2.96. The number of sulfonamides is 1. The van der Waals surface area contributed by atoms with Crippen molar-refractivity contribution in [2.45, 2.75) is 24.3 Å². The smallest absolute Gasteiger partial charge is 0.345 e. The number of hydrogen-bond donors (Lipinski definition) is 1. The Labute approximate surface area is 115 Å². The summed E-state index contributed by atoms with van der Waals surface area (Å²) in [5, 5.41) is 8.92. The van der Waals surface area contributed by atoms with Crippen molar-refractivity contribution in [3.63, 3.8) is 0 Å². The molecule has 2 rings (SSSR count). The van der Waals surface area contributed by atoms with E-state index < -0.39 is 16.0 Å². The Kier molecular flexibility index (Phi) is 3.95. The van der Waals surface area contributed by atoms with Crippen LogP contribution in [0.25, 0.3) is 0 Å². The van der Waals surface area contributed by atoms with Crippen LogP contribution in [0.15, 0.2) is 11.0 Å². The molecule has 1 aromatic heterocycles. The van der Waals surface area contributed by atoms with Crippen LogP contribution in [0.4, 0.5) is 0 Å². The average molecular weight is 305 g/mol. The summed E-state index contributed by atoms with van der Waals surface area (Å²) in [6.07, 6.45) is 0.657. The lowest BCUT2D eigenvalue weighted by molar-refractivity contribution is 0.0702. The molecule has 8 heteroatoms. The molecule has 19 heavy (non-hydrogen) atoms. The number of ether oxygens (including phenoxy) is 1. The lowest BCUT2D eigenvalue weighted by Gasteiger charge is -2.22. The van der Waals surface area contributed by atoms with Gasteiger partial charge in [0.25, 0.3) is 0 Å². The first-order valence-corrected chi connectivity index (χ1v) is 7.99. The summed E-state index contributed by atoms with van der Waals surface area (Å²) in [5.41, 5.74) is 0. The second-order valence-corrected chi connectivity index (χ2v) is 7.60. The number of carbonyl (C=O) groups is 1. The van der Waals surface area contributed by atoms with Crippen molar-refractivity contribution < 1.29 is 23.1 Å². The predicted octanol–water partition coefficient (Wildman–Crippen LogP) is 1.16. The number of carboxylic acid groups (broad SMARTS) is 1. The Morgan fingerprint density at radius 1 is 1.58 bits per heavy atom. The van der Waals surface area contributed by atoms with Crippen LogP contribution in [0.1, 0.15) is 21.0 Å². The molecule has 0 spiro atoms. The van der Waals surface area contributed by atoms with Crippen molar-refractivity contribution in [3.8, 4) is 0 Å². The molecular weight excluding hydrogens is 290 g/mol. The molecule has 0 amide bonds. The van der Waals surface area contributed by atoms with E-state index in [-0.39, 0.29) is 15.8 Å². The lowest BCUT2D eigenvalue weighted by Crippen LogP contribution is -2.37. The van der Waals surface area contributed by atoms with Gasteiger partial charge in [-0.2, -0.15) is 4.31 Å². The normalized spacial score (nSPS) is 20.1. The van der Waals surface area contributed by atoms with Crippen molar-refractivity contribution in [2.24, 2.45) is 0 Å². The molecule has 1 fully saturated rings. The molecule has 2 heterocycles. The third-order valence-corrected chi connectivity index (χ3v) is 6.36. The Bertz CT molecular complexity index is 586. The summed E-state index contributed by atoms with van der Waals surface area (Å²) in [6, 6.07) is 1.04. The molecule has 1 aliphatic rings. The van der Waals surface area contributed by atoms with Crippen molar-refractivity contribution >= 4 is 27.3 Å². The fourth-order valence-corrected chi connectivity index (χ4v) is 4.76. The molecule has 0 aromatic carbocycles. The first kappa shape index (κ1) is 14.4. The fraction of sp³-hybridized carbons (Fsp3) is 0.545. The molecule has 1 atom stereocenters. The van der Waals surface area contributed by atoms with E-state index in [1.807, 2.05) is 0 Å². The highest BCUT2D eigenvalue weighted by atomic mass is 32.2. The molecule has 1 N–H and O–H groups in total. The number of carboxylic acids is 1. The van der Waals surface area contributed by atoms with Gasteiger partial charge in [0.1, 0.15) is 4.88 Å². The van der Waals surface area contributed by atoms with Gasteiger partial charge in [-0.1, -0.05) is 0 Å². The molecule has 1 saturated heterocycles. The van der Waals surface area contributed by atoms with Crippen molar-refractivity contribution in [1.29, 1.82) is 0 Å². The minimum atomic E-state index is -3.67. The molecule has 0 radical (unpaired) electrons. The lowest BCUT2D eigenvalue weighted by atomic mass is 10.3. The highest BCUT2D eigenvalue weighted by Crippen LogP contribution is 2.29. The van der Waals surface area contributed by atoms with Crippen LogP contribution in [-0.4, -0.2) is 50.1 Å². The van der Waals surface area contributed by atoms with Crippen molar-refractivity contribution in [1.82, 2.24) is 4.31 Å². The maximum atomic E-state index is 12.5. The van der Waals surface area contributed by atoms with E-state index in [1.165, 1.54) is 17.4 Å². The molecule has 1 aromatic rings. The Balaban J connectivity index is 2.35. The number of nitrogens with zero attached hydrogens (tertiary/aromatic N) is 1. The summed E-state index contributed by atoms with van der Waals surface area (Å²) in [7, 11) is -2.16. The molecule has 1 unspecified atom stereocenters. The van der Waals surface area contributed by atoms with Crippen LogP contribution in [-0.2, 0) is 14.8 Å². The topological polar surface area (TPSA) is 83.9 Å². The molecule has 0 bridgehead atoms. The third-order valence-electron chi connectivity index (χ3n) is 3.16. The monoisotopic (exact) mass is 305 g/mol. The molecule has 6 nitrogen and oxygen atoms in total. The maximum absolute atomic E-state index is 12.5. The predicted molar refractivity (Wildman–Crippen MR) is 70.2 cm³/mol. The number of hydrogen-bond acceptors (Lipinski definition) is 5. The molecule has 106 valence electrons. The second kappa shape index (κ2) is 5.20. The summed E-state index contributed by atoms with van der Waals surface area (Å²) < 4.78 is 31.4. The second-order valence-electron chi connectivity index (χ2n) is 4.37. The third kappa shape index (κ3) is 2.66. The van der Waals surface area contributed by atoms with Gasteiger partial charge < -0.3 is 9.84 Å². The van der Waals surface area contributed by atoms with E-state index >= 15 is 0 Å². The van der Waals surface area contributed by atoms with Crippen LogP contribution < -0.4 is 0 Å². The zero-order valence-corrected chi connectivity index (χ0v) is 12.3. The largest absolute Gasteiger partial charge is 0.477 e. The number of aryl methyl sites for hydroxylation is 1. The minimum absolute atomic E-state index is 0.0344. The standard InChI is InChI=1S/C11H15NO5S2/c1-7-10(5-9(18-7)11(13)14)19(15,16)12(2)8-3-4-17-6-8/h5,8H,3-4,6H2,1-2H3,(H,13,14). The summed E-state index contributed by atoms with van der Waals surface area (Å²) >= 11 is 0.973. The van der Waals surface area contributed by atoms with Gasteiger partial charge in [-0.25, -0.2) is 13.2 Å². The van der Waals surface area contributed by atoms with Gasteiger partial charge >= 0.3 is 5.97 Å². The van der Waals surface area contributed by atoms with Crippen LogP contribution in [0.3, 0.4) is 0 Å². The number of thiophene rings is 1. The van der Waals surface area contributed by atoms with Crippen LogP contribution >= 0.6 is 11.3 Å². The van der Waals surface area contributed by atoms with Crippen molar-refractivity contribution in [2.75, 3.05) is 20.3 Å². The highest BCUT2D eigenvalue weighted by Gasteiger charge is 2.33. The summed E-state index contributed by atoms with van der Waals surface area (Å²) in [6.45, 7) is 2.54.